The Hall–Kier alpha value is -3.22. The lowest BCUT2D eigenvalue weighted by atomic mass is 10.0. The van der Waals surface area contributed by atoms with Gasteiger partial charge >= 0.3 is 5.97 Å². The van der Waals surface area contributed by atoms with Gasteiger partial charge in [-0.1, -0.05) is 12.1 Å². The lowest BCUT2D eigenvalue weighted by molar-refractivity contribution is -0.131. The van der Waals surface area contributed by atoms with Crippen molar-refractivity contribution in [3.05, 3.63) is 65.5 Å². The zero-order valence-corrected chi connectivity index (χ0v) is 15.5. The van der Waals surface area contributed by atoms with Gasteiger partial charge in [0.1, 0.15) is 11.6 Å². The highest BCUT2D eigenvalue weighted by Gasteiger charge is 2.25. The molecule has 0 bridgehead atoms. The van der Waals surface area contributed by atoms with Crippen LogP contribution >= 0.6 is 0 Å². The molecule has 0 aromatic heterocycles. The number of carbonyl (C=O) groups is 3. The van der Waals surface area contributed by atoms with Gasteiger partial charge in [-0.25, -0.2) is 4.39 Å². The lowest BCUT2D eigenvalue weighted by Crippen LogP contribution is -2.46. The fourth-order valence-corrected chi connectivity index (χ4v) is 3.17. The Kier molecular flexibility index (Phi) is 6.03. The summed E-state index contributed by atoms with van der Waals surface area (Å²) in [5.74, 6) is -1.05. The second kappa shape index (κ2) is 8.65. The molecular formula is C21H21FN2O4. The van der Waals surface area contributed by atoms with E-state index in [1.807, 2.05) is 0 Å². The normalized spacial score (nSPS) is 14.4. The molecule has 28 heavy (non-hydrogen) atoms. The van der Waals surface area contributed by atoms with Gasteiger partial charge < -0.3 is 15.0 Å². The van der Waals surface area contributed by atoms with Crippen molar-refractivity contribution in [1.82, 2.24) is 10.2 Å². The third-order valence-corrected chi connectivity index (χ3v) is 4.55. The quantitative estimate of drug-likeness (QED) is 0.650. The fourth-order valence-electron chi connectivity index (χ4n) is 3.17. The third kappa shape index (κ3) is 4.94. The van der Waals surface area contributed by atoms with Gasteiger partial charge in [0.15, 0.2) is 0 Å². The maximum absolute atomic E-state index is 13.3. The van der Waals surface area contributed by atoms with E-state index in [9.17, 15) is 18.8 Å². The van der Waals surface area contributed by atoms with Crippen molar-refractivity contribution in [2.75, 3.05) is 13.1 Å². The molecule has 0 unspecified atom stereocenters. The van der Waals surface area contributed by atoms with Crippen LogP contribution in [0.4, 0.5) is 4.39 Å². The first-order valence-corrected chi connectivity index (χ1v) is 9.06. The van der Waals surface area contributed by atoms with Gasteiger partial charge in [0, 0.05) is 37.2 Å². The van der Waals surface area contributed by atoms with Crippen molar-refractivity contribution >= 4 is 17.8 Å². The Morgan fingerprint density at radius 1 is 1.04 bits per heavy atom. The molecule has 146 valence electrons. The molecule has 0 atom stereocenters. The van der Waals surface area contributed by atoms with Gasteiger partial charge in [0.05, 0.1) is 0 Å². The standard InChI is InChI=1S/C21H21FN2O4/c1-14(25)28-19-7-3-4-15(13-19)20(26)23-18-8-10-24(11-9-18)21(27)16-5-2-6-17(22)12-16/h2-7,12-13,18H,8-11H2,1H3,(H,23,26). The molecule has 3 rings (SSSR count). The second-order valence-corrected chi connectivity index (χ2v) is 6.67. The van der Waals surface area contributed by atoms with E-state index in [2.05, 4.69) is 5.32 Å². The Balaban J connectivity index is 1.55. The summed E-state index contributed by atoms with van der Waals surface area (Å²) in [6.45, 7) is 2.26. The summed E-state index contributed by atoms with van der Waals surface area (Å²) in [5.41, 5.74) is 0.724. The van der Waals surface area contributed by atoms with E-state index in [1.54, 1.807) is 29.2 Å². The molecule has 1 N–H and O–H groups in total. The first kappa shape index (κ1) is 19.5. The zero-order chi connectivity index (χ0) is 20.1. The minimum atomic E-state index is -0.451. The number of nitrogens with one attached hydrogen (secondary N) is 1. The number of hydrogen-bond acceptors (Lipinski definition) is 4. The van der Waals surface area contributed by atoms with Crippen molar-refractivity contribution in [2.24, 2.45) is 0 Å². The highest BCUT2D eigenvalue weighted by Crippen LogP contribution is 2.17. The minimum Gasteiger partial charge on any atom is -0.427 e. The number of rotatable bonds is 4. The van der Waals surface area contributed by atoms with E-state index in [4.69, 9.17) is 4.74 Å². The zero-order valence-electron chi connectivity index (χ0n) is 15.5. The Labute approximate surface area is 162 Å². The van der Waals surface area contributed by atoms with E-state index in [1.165, 1.54) is 31.2 Å². The molecule has 1 heterocycles. The number of esters is 1. The second-order valence-electron chi connectivity index (χ2n) is 6.67. The molecule has 2 aromatic rings. The maximum atomic E-state index is 13.3. The predicted molar refractivity (Wildman–Crippen MR) is 101 cm³/mol. The number of nitrogens with zero attached hydrogens (tertiary/aromatic N) is 1. The molecule has 2 amide bonds. The summed E-state index contributed by atoms with van der Waals surface area (Å²) in [6.07, 6.45) is 1.22. The van der Waals surface area contributed by atoms with Crippen LogP contribution in [0, 0.1) is 5.82 Å². The van der Waals surface area contributed by atoms with Crippen molar-refractivity contribution in [3.63, 3.8) is 0 Å². The number of piperidine rings is 1. The average Bonchev–Trinajstić information content (AvgIpc) is 2.68. The SMILES string of the molecule is CC(=O)Oc1cccc(C(=O)NC2CCN(C(=O)c3cccc(F)c3)CC2)c1. The van der Waals surface area contributed by atoms with E-state index < -0.39 is 11.8 Å². The van der Waals surface area contributed by atoms with Crippen molar-refractivity contribution in [2.45, 2.75) is 25.8 Å². The van der Waals surface area contributed by atoms with Gasteiger partial charge in [-0.3, -0.25) is 14.4 Å². The molecular weight excluding hydrogens is 363 g/mol. The Bertz CT molecular complexity index is 891. The van der Waals surface area contributed by atoms with Gasteiger partial charge in [-0.2, -0.15) is 0 Å². The summed E-state index contributed by atoms with van der Waals surface area (Å²) in [6, 6.07) is 12.0. The van der Waals surface area contributed by atoms with E-state index in [0.717, 1.165) is 0 Å². The first-order chi connectivity index (χ1) is 13.4. The van der Waals surface area contributed by atoms with Gasteiger partial charge in [0.2, 0.25) is 0 Å². The van der Waals surface area contributed by atoms with Crippen molar-refractivity contribution in [1.29, 1.82) is 0 Å². The summed E-state index contributed by atoms with van der Waals surface area (Å²) >= 11 is 0. The van der Waals surface area contributed by atoms with Crippen LogP contribution in [0.3, 0.4) is 0 Å². The van der Waals surface area contributed by atoms with Crippen LogP contribution in [-0.2, 0) is 4.79 Å². The molecule has 7 heteroatoms. The molecule has 1 fully saturated rings. The maximum Gasteiger partial charge on any atom is 0.308 e. The molecule has 1 saturated heterocycles. The smallest absolute Gasteiger partial charge is 0.308 e. The minimum absolute atomic E-state index is 0.0681. The van der Waals surface area contributed by atoms with Crippen LogP contribution in [0.15, 0.2) is 48.5 Å². The molecule has 0 radical (unpaired) electrons. The Morgan fingerprint density at radius 3 is 2.39 bits per heavy atom. The number of carbonyl (C=O) groups excluding carboxylic acids is 3. The van der Waals surface area contributed by atoms with Crippen LogP contribution < -0.4 is 10.1 Å². The molecule has 6 nitrogen and oxygen atoms in total. The number of likely N-dealkylation sites (tertiary alicyclic amines) is 1. The summed E-state index contributed by atoms with van der Waals surface area (Å²) in [4.78, 5) is 37.6. The summed E-state index contributed by atoms with van der Waals surface area (Å²) in [7, 11) is 0. The monoisotopic (exact) mass is 384 g/mol. The van der Waals surface area contributed by atoms with E-state index in [-0.39, 0.29) is 17.9 Å². The molecule has 0 spiro atoms. The summed E-state index contributed by atoms with van der Waals surface area (Å²) < 4.78 is 18.3. The van der Waals surface area contributed by atoms with Crippen LogP contribution in [-0.4, -0.2) is 41.8 Å². The third-order valence-electron chi connectivity index (χ3n) is 4.55. The molecule has 0 saturated carbocycles. The van der Waals surface area contributed by atoms with Crippen LogP contribution in [0.2, 0.25) is 0 Å². The van der Waals surface area contributed by atoms with E-state index >= 15 is 0 Å². The van der Waals surface area contributed by atoms with E-state index in [0.29, 0.717) is 42.8 Å². The van der Waals surface area contributed by atoms with Crippen LogP contribution in [0.5, 0.6) is 5.75 Å². The molecule has 2 aromatic carbocycles. The summed E-state index contributed by atoms with van der Waals surface area (Å²) in [5, 5.41) is 2.95. The van der Waals surface area contributed by atoms with Gasteiger partial charge in [-0.05, 0) is 49.2 Å². The van der Waals surface area contributed by atoms with Gasteiger partial charge in [0.25, 0.3) is 11.8 Å². The van der Waals surface area contributed by atoms with Gasteiger partial charge in [-0.15, -0.1) is 0 Å². The predicted octanol–water partition coefficient (Wildman–Crippen LogP) is 2.79. The molecule has 1 aliphatic rings. The van der Waals surface area contributed by atoms with Crippen molar-refractivity contribution in [3.8, 4) is 5.75 Å². The molecule has 1 aliphatic heterocycles. The number of amides is 2. The average molecular weight is 384 g/mol. The van der Waals surface area contributed by atoms with Crippen molar-refractivity contribution < 1.29 is 23.5 Å². The number of benzene rings is 2. The number of halogens is 1. The molecule has 0 aliphatic carbocycles. The largest absolute Gasteiger partial charge is 0.427 e. The fraction of sp³-hybridized carbons (Fsp3) is 0.286. The number of ether oxygens (including phenoxy) is 1. The first-order valence-electron chi connectivity index (χ1n) is 9.06. The van der Waals surface area contributed by atoms with Crippen LogP contribution in [0.1, 0.15) is 40.5 Å². The van der Waals surface area contributed by atoms with Crippen LogP contribution in [0.25, 0.3) is 0 Å². The lowest BCUT2D eigenvalue weighted by Gasteiger charge is -2.32. The topological polar surface area (TPSA) is 75.7 Å². The highest BCUT2D eigenvalue weighted by atomic mass is 19.1. The Morgan fingerprint density at radius 2 is 1.71 bits per heavy atom. The highest BCUT2D eigenvalue weighted by molar-refractivity contribution is 5.95. The number of hydrogen-bond donors (Lipinski definition) is 1.